The van der Waals surface area contributed by atoms with Gasteiger partial charge in [-0.1, -0.05) is 20.3 Å². The second-order valence-electron chi connectivity index (χ2n) is 5.15. The predicted molar refractivity (Wildman–Crippen MR) is 88.6 cm³/mol. The number of halogens is 2. The average molecular weight is 354 g/mol. The maximum atomic E-state index is 13.4. The first-order valence-corrected chi connectivity index (χ1v) is 8.18. The lowest BCUT2D eigenvalue weighted by Crippen LogP contribution is -2.07. The molecule has 5 heteroatoms. The van der Waals surface area contributed by atoms with Crippen LogP contribution in [-0.2, 0) is 13.0 Å². The van der Waals surface area contributed by atoms with E-state index < -0.39 is 0 Å². The molecule has 0 spiro atoms. The molecule has 21 heavy (non-hydrogen) atoms. The van der Waals surface area contributed by atoms with Crippen LogP contribution >= 0.6 is 15.9 Å². The molecular formula is C16H21BrFN3. The van der Waals surface area contributed by atoms with Crippen molar-refractivity contribution in [3.8, 4) is 11.3 Å². The van der Waals surface area contributed by atoms with E-state index in [0.29, 0.717) is 10.3 Å². The van der Waals surface area contributed by atoms with Gasteiger partial charge in [0.05, 0.1) is 4.47 Å². The molecule has 0 amide bonds. The molecule has 0 aliphatic rings. The van der Waals surface area contributed by atoms with Gasteiger partial charge in [0, 0.05) is 18.5 Å². The number of unbranched alkanes of at least 4 members (excludes halogenated alkanes) is 1. The van der Waals surface area contributed by atoms with Crippen molar-refractivity contribution in [1.82, 2.24) is 9.55 Å². The third-order valence-corrected chi connectivity index (χ3v) is 4.10. The first kappa shape index (κ1) is 16.0. The number of aromatic nitrogens is 2. The van der Waals surface area contributed by atoms with Gasteiger partial charge in [0.2, 0.25) is 0 Å². The van der Waals surface area contributed by atoms with Crippen molar-refractivity contribution in [3.63, 3.8) is 0 Å². The van der Waals surface area contributed by atoms with Gasteiger partial charge in [-0.3, -0.25) is 0 Å². The average Bonchev–Trinajstić information content (AvgIpc) is 2.77. The summed E-state index contributed by atoms with van der Waals surface area (Å²) in [6.07, 6.45) is 4.11. The number of aryl methyl sites for hydroxylation is 1. The number of rotatable bonds is 6. The van der Waals surface area contributed by atoms with Crippen LogP contribution in [0.15, 0.2) is 22.7 Å². The Kier molecular flexibility index (Phi) is 5.39. The number of anilines is 1. The third-order valence-electron chi connectivity index (χ3n) is 3.49. The number of nitrogens with zero attached hydrogens (tertiary/aromatic N) is 2. The Hall–Kier alpha value is -1.36. The summed E-state index contributed by atoms with van der Waals surface area (Å²) < 4.78 is 15.9. The lowest BCUT2D eigenvalue weighted by Gasteiger charge is -2.08. The molecule has 2 rings (SSSR count). The van der Waals surface area contributed by atoms with Crippen LogP contribution in [0.1, 0.15) is 38.9 Å². The summed E-state index contributed by atoms with van der Waals surface area (Å²) in [6, 6.07) is 4.88. The van der Waals surface area contributed by atoms with Crippen LogP contribution in [0.3, 0.4) is 0 Å². The fraction of sp³-hybridized carbons (Fsp3) is 0.438. The number of hydrogen-bond acceptors (Lipinski definition) is 2. The highest BCUT2D eigenvalue weighted by Crippen LogP contribution is 2.30. The normalized spacial score (nSPS) is 11.0. The number of imidazole rings is 1. The second kappa shape index (κ2) is 7.07. The fourth-order valence-corrected chi connectivity index (χ4v) is 2.73. The minimum atomic E-state index is -0.281. The van der Waals surface area contributed by atoms with Crippen LogP contribution in [-0.4, -0.2) is 9.55 Å². The van der Waals surface area contributed by atoms with Crippen LogP contribution in [0.2, 0.25) is 0 Å². The molecule has 0 aliphatic carbocycles. The van der Waals surface area contributed by atoms with Crippen molar-refractivity contribution in [1.29, 1.82) is 0 Å². The van der Waals surface area contributed by atoms with Crippen LogP contribution in [0, 0.1) is 5.82 Å². The van der Waals surface area contributed by atoms with Gasteiger partial charge in [-0.2, -0.15) is 0 Å². The summed E-state index contributed by atoms with van der Waals surface area (Å²) in [4.78, 5) is 4.69. The monoisotopic (exact) mass is 353 g/mol. The Morgan fingerprint density at radius 2 is 2.05 bits per heavy atom. The molecule has 2 N–H and O–H groups in total. The van der Waals surface area contributed by atoms with Gasteiger partial charge in [0.15, 0.2) is 0 Å². The predicted octanol–water partition coefficient (Wildman–Crippen LogP) is 4.79. The van der Waals surface area contributed by atoms with E-state index in [1.807, 2.05) is 0 Å². The molecule has 0 fully saturated rings. The molecule has 0 unspecified atom stereocenters. The van der Waals surface area contributed by atoms with E-state index in [0.717, 1.165) is 49.3 Å². The number of benzene rings is 1. The van der Waals surface area contributed by atoms with E-state index >= 15 is 0 Å². The quantitative estimate of drug-likeness (QED) is 0.811. The first-order chi connectivity index (χ1) is 10.1. The highest BCUT2D eigenvalue weighted by Gasteiger charge is 2.16. The number of nitrogens with two attached hydrogens (primary N) is 1. The minimum Gasteiger partial charge on any atom is -0.383 e. The molecule has 0 bridgehead atoms. The number of hydrogen-bond donors (Lipinski definition) is 1. The number of nitrogen functional groups attached to an aromatic ring is 1. The molecule has 1 aromatic heterocycles. The largest absolute Gasteiger partial charge is 0.383 e. The molecule has 114 valence electrons. The van der Waals surface area contributed by atoms with Gasteiger partial charge in [-0.15, -0.1) is 0 Å². The molecule has 2 aromatic rings. The Morgan fingerprint density at radius 1 is 1.29 bits per heavy atom. The van der Waals surface area contributed by atoms with Crippen molar-refractivity contribution in [2.75, 3.05) is 5.73 Å². The Balaban J connectivity index is 2.45. The van der Waals surface area contributed by atoms with E-state index in [1.165, 1.54) is 6.07 Å². The van der Waals surface area contributed by atoms with Crippen LogP contribution in [0.25, 0.3) is 11.3 Å². The SMILES string of the molecule is CCCCn1c(CCC)nc(-c2ccc(F)c(Br)c2)c1N. The van der Waals surface area contributed by atoms with Gasteiger partial charge in [-0.25, -0.2) is 9.37 Å². The maximum absolute atomic E-state index is 13.4. The zero-order chi connectivity index (χ0) is 15.4. The molecule has 0 saturated carbocycles. The molecule has 0 radical (unpaired) electrons. The zero-order valence-electron chi connectivity index (χ0n) is 12.5. The molecule has 1 heterocycles. The molecule has 0 saturated heterocycles. The topological polar surface area (TPSA) is 43.8 Å². The van der Waals surface area contributed by atoms with Gasteiger partial charge in [0.1, 0.15) is 23.2 Å². The van der Waals surface area contributed by atoms with Crippen LogP contribution in [0.4, 0.5) is 10.2 Å². The smallest absolute Gasteiger partial charge is 0.137 e. The fourth-order valence-electron chi connectivity index (χ4n) is 2.35. The Morgan fingerprint density at radius 3 is 2.67 bits per heavy atom. The Bertz CT molecular complexity index is 622. The molecule has 0 aliphatic heterocycles. The van der Waals surface area contributed by atoms with Crippen molar-refractivity contribution in [2.24, 2.45) is 0 Å². The van der Waals surface area contributed by atoms with E-state index in [4.69, 9.17) is 5.73 Å². The van der Waals surface area contributed by atoms with Gasteiger partial charge >= 0.3 is 0 Å². The van der Waals surface area contributed by atoms with Crippen LogP contribution < -0.4 is 5.73 Å². The maximum Gasteiger partial charge on any atom is 0.137 e. The highest BCUT2D eigenvalue weighted by atomic mass is 79.9. The van der Waals surface area contributed by atoms with Crippen molar-refractivity contribution in [2.45, 2.75) is 46.1 Å². The first-order valence-electron chi connectivity index (χ1n) is 7.38. The Labute approximate surface area is 133 Å². The van der Waals surface area contributed by atoms with E-state index in [-0.39, 0.29) is 5.82 Å². The summed E-state index contributed by atoms with van der Waals surface area (Å²) in [5.41, 5.74) is 7.87. The van der Waals surface area contributed by atoms with E-state index in [2.05, 4.69) is 39.3 Å². The van der Waals surface area contributed by atoms with Crippen LogP contribution in [0.5, 0.6) is 0 Å². The van der Waals surface area contributed by atoms with Crippen molar-refractivity contribution >= 4 is 21.7 Å². The standard InChI is InChI=1S/C16H21BrFN3/c1-3-5-9-21-14(6-4-2)20-15(16(21)19)11-7-8-13(18)12(17)10-11/h7-8,10H,3-6,9,19H2,1-2H3. The lowest BCUT2D eigenvalue weighted by atomic mass is 10.1. The summed E-state index contributed by atoms with van der Waals surface area (Å²) >= 11 is 3.22. The minimum absolute atomic E-state index is 0.281. The van der Waals surface area contributed by atoms with E-state index in [9.17, 15) is 4.39 Å². The van der Waals surface area contributed by atoms with Crippen molar-refractivity contribution in [3.05, 3.63) is 34.3 Å². The summed E-state index contributed by atoms with van der Waals surface area (Å²) in [7, 11) is 0. The zero-order valence-corrected chi connectivity index (χ0v) is 14.1. The summed E-state index contributed by atoms with van der Waals surface area (Å²) in [5.74, 6) is 1.40. The molecule has 1 aromatic carbocycles. The lowest BCUT2D eigenvalue weighted by molar-refractivity contribution is 0.604. The summed E-state index contributed by atoms with van der Waals surface area (Å²) in [6.45, 7) is 5.17. The molecular weight excluding hydrogens is 333 g/mol. The highest BCUT2D eigenvalue weighted by molar-refractivity contribution is 9.10. The van der Waals surface area contributed by atoms with Gasteiger partial charge in [0.25, 0.3) is 0 Å². The van der Waals surface area contributed by atoms with Gasteiger partial charge in [-0.05, 0) is 47.0 Å². The third kappa shape index (κ3) is 3.46. The second-order valence-corrected chi connectivity index (χ2v) is 6.00. The molecule has 0 atom stereocenters. The van der Waals surface area contributed by atoms with Gasteiger partial charge < -0.3 is 10.3 Å². The van der Waals surface area contributed by atoms with E-state index in [1.54, 1.807) is 12.1 Å². The van der Waals surface area contributed by atoms with Crippen molar-refractivity contribution < 1.29 is 4.39 Å². The summed E-state index contributed by atoms with van der Waals surface area (Å²) in [5, 5.41) is 0. The molecule has 3 nitrogen and oxygen atoms in total.